The van der Waals surface area contributed by atoms with E-state index in [4.69, 9.17) is 42.6 Å². The summed E-state index contributed by atoms with van der Waals surface area (Å²) in [6.45, 7) is 14.4. The predicted octanol–water partition coefficient (Wildman–Crippen LogP) is 6.23. The second-order valence-corrected chi connectivity index (χ2v) is 12.1. The average Bonchev–Trinajstić information content (AvgIpc) is 3.53. The number of ether oxygens (including phenoxy) is 9. The van der Waals surface area contributed by atoms with E-state index in [0.717, 1.165) is 16.7 Å². The SMILES string of the molecule is C=CCO[C@@H]1[C@@H](OCc2ccccc2)[C@H](O[C@H]2[C@@H](OCC=C)CO[C@@H]2COCc2ccccc2)O[C@H](COCc2ccccc2)[C@H]1OCC=C. The van der Waals surface area contributed by atoms with Crippen LogP contribution in [0.15, 0.2) is 129 Å². The molecule has 2 fully saturated rings. The van der Waals surface area contributed by atoms with Gasteiger partial charge in [0.2, 0.25) is 0 Å². The molecule has 0 aliphatic carbocycles. The molecule has 3 aromatic rings. The van der Waals surface area contributed by atoms with Crippen LogP contribution in [0.4, 0.5) is 0 Å². The molecule has 9 heteroatoms. The van der Waals surface area contributed by atoms with Crippen LogP contribution in [0.25, 0.3) is 0 Å². The van der Waals surface area contributed by atoms with E-state index in [0.29, 0.717) is 39.6 Å². The Labute approximate surface area is 296 Å². The highest BCUT2D eigenvalue weighted by atomic mass is 16.7. The smallest absolute Gasteiger partial charge is 0.187 e. The Morgan fingerprint density at radius 3 is 1.60 bits per heavy atom. The van der Waals surface area contributed by atoms with Gasteiger partial charge in [-0.25, -0.2) is 0 Å². The van der Waals surface area contributed by atoms with Crippen molar-refractivity contribution in [3.8, 4) is 0 Å². The van der Waals surface area contributed by atoms with Crippen molar-refractivity contribution in [1.29, 1.82) is 0 Å². The first-order valence-electron chi connectivity index (χ1n) is 17.2. The van der Waals surface area contributed by atoms with Gasteiger partial charge in [-0.2, -0.15) is 0 Å². The van der Waals surface area contributed by atoms with E-state index < -0.39 is 49.0 Å². The first-order chi connectivity index (χ1) is 24.7. The molecule has 0 aromatic heterocycles. The molecule has 268 valence electrons. The highest BCUT2D eigenvalue weighted by Crippen LogP contribution is 2.33. The van der Waals surface area contributed by atoms with Crippen LogP contribution >= 0.6 is 0 Å². The molecular weight excluding hydrogens is 636 g/mol. The molecule has 0 bridgehead atoms. The number of benzene rings is 3. The maximum atomic E-state index is 6.89. The zero-order valence-corrected chi connectivity index (χ0v) is 28.7. The molecule has 2 saturated heterocycles. The Bertz CT molecular complexity index is 1390. The van der Waals surface area contributed by atoms with Crippen molar-refractivity contribution in [2.24, 2.45) is 0 Å². The Morgan fingerprint density at radius 1 is 0.540 bits per heavy atom. The van der Waals surface area contributed by atoms with Gasteiger partial charge in [-0.05, 0) is 16.7 Å². The van der Waals surface area contributed by atoms with E-state index in [9.17, 15) is 0 Å². The quantitative estimate of drug-likeness (QED) is 0.114. The Balaban J connectivity index is 1.40. The minimum atomic E-state index is -0.902. The molecule has 2 aliphatic heterocycles. The van der Waals surface area contributed by atoms with Crippen molar-refractivity contribution in [3.63, 3.8) is 0 Å². The summed E-state index contributed by atoms with van der Waals surface area (Å²) in [5.74, 6) is 0. The third-order valence-electron chi connectivity index (χ3n) is 8.40. The molecule has 0 radical (unpaired) electrons. The number of hydrogen-bond acceptors (Lipinski definition) is 9. The van der Waals surface area contributed by atoms with Crippen LogP contribution in [-0.4, -0.2) is 88.7 Å². The lowest BCUT2D eigenvalue weighted by Crippen LogP contribution is -2.63. The summed E-state index contributed by atoms with van der Waals surface area (Å²) in [7, 11) is 0. The molecule has 0 N–H and O–H groups in total. The van der Waals surface area contributed by atoms with E-state index in [1.165, 1.54) is 0 Å². The maximum absolute atomic E-state index is 6.89. The minimum absolute atomic E-state index is 0.219. The molecule has 0 unspecified atom stereocenters. The summed E-state index contributed by atoms with van der Waals surface area (Å²) in [5, 5.41) is 0. The summed E-state index contributed by atoms with van der Waals surface area (Å²) in [5.41, 5.74) is 3.11. The van der Waals surface area contributed by atoms with Gasteiger partial charge in [-0.15, -0.1) is 19.7 Å². The molecule has 3 aromatic carbocycles. The van der Waals surface area contributed by atoms with Crippen LogP contribution in [0, 0.1) is 0 Å². The monoisotopic (exact) mass is 686 g/mol. The fourth-order valence-corrected chi connectivity index (χ4v) is 6.00. The molecular formula is C41H50O9. The molecule has 0 amide bonds. The van der Waals surface area contributed by atoms with Crippen LogP contribution in [0.2, 0.25) is 0 Å². The largest absolute Gasteiger partial charge is 0.374 e. The predicted molar refractivity (Wildman–Crippen MR) is 190 cm³/mol. The lowest BCUT2D eigenvalue weighted by Gasteiger charge is -2.46. The zero-order valence-electron chi connectivity index (χ0n) is 28.7. The first-order valence-corrected chi connectivity index (χ1v) is 17.2. The van der Waals surface area contributed by atoms with Crippen LogP contribution in [0.1, 0.15) is 16.7 Å². The third kappa shape index (κ3) is 11.3. The molecule has 5 rings (SSSR count). The van der Waals surface area contributed by atoms with Gasteiger partial charge in [0, 0.05) is 0 Å². The van der Waals surface area contributed by atoms with Gasteiger partial charge in [-0.3, -0.25) is 0 Å². The van der Waals surface area contributed by atoms with Gasteiger partial charge >= 0.3 is 0 Å². The first kappa shape index (κ1) is 37.8. The standard InChI is InChI=1S/C41H50O9/c1-4-22-44-35-30-47-34(28-42-25-31-16-10-7-11-17-31)37(35)50-41-40(48-27-33-20-14-9-15-21-33)39(46-24-6-3)38(45-23-5-2)36(49-41)29-43-26-32-18-12-8-13-19-32/h4-21,34-41H,1-3,22-30H2/t34-,35+,36-,37-,38-,39+,40-,41+/m1/s1. The fourth-order valence-electron chi connectivity index (χ4n) is 6.00. The molecule has 0 spiro atoms. The van der Waals surface area contributed by atoms with Crippen molar-refractivity contribution >= 4 is 0 Å². The molecule has 50 heavy (non-hydrogen) atoms. The van der Waals surface area contributed by atoms with Crippen LogP contribution in [0.3, 0.4) is 0 Å². The minimum Gasteiger partial charge on any atom is -0.374 e. The highest BCUT2D eigenvalue weighted by Gasteiger charge is 2.51. The molecule has 2 heterocycles. The Hall–Kier alpha value is -3.48. The van der Waals surface area contributed by atoms with Gasteiger partial charge in [0.15, 0.2) is 6.29 Å². The molecule has 8 atom stereocenters. The summed E-state index contributed by atoms with van der Waals surface area (Å²) in [6, 6.07) is 29.9. The fraction of sp³-hybridized carbons (Fsp3) is 0.415. The van der Waals surface area contributed by atoms with E-state index in [1.807, 2.05) is 91.0 Å². The second-order valence-electron chi connectivity index (χ2n) is 12.1. The summed E-state index contributed by atoms with van der Waals surface area (Å²) in [4.78, 5) is 0. The van der Waals surface area contributed by atoms with E-state index in [-0.39, 0.29) is 19.8 Å². The van der Waals surface area contributed by atoms with Crippen LogP contribution < -0.4 is 0 Å². The summed E-state index contributed by atoms with van der Waals surface area (Å²) >= 11 is 0. The van der Waals surface area contributed by atoms with Gasteiger partial charge in [0.1, 0.15) is 42.7 Å². The van der Waals surface area contributed by atoms with Gasteiger partial charge in [0.05, 0.1) is 59.5 Å². The topological polar surface area (TPSA) is 83.1 Å². The summed E-state index contributed by atoms with van der Waals surface area (Å²) < 4.78 is 57.8. The van der Waals surface area contributed by atoms with Gasteiger partial charge in [-0.1, -0.05) is 109 Å². The van der Waals surface area contributed by atoms with E-state index in [2.05, 4.69) is 19.7 Å². The normalized spacial score (nSPS) is 26.4. The third-order valence-corrected chi connectivity index (χ3v) is 8.40. The van der Waals surface area contributed by atoms with Crippen molar-refractivity contribution < 1.29 is 42.6 Å². The van der Waals surface area contributed by atoms with Crippen LogP contribution in [-0.2, 0) is 62.5 Å². The Morgan fingerprint density at radius 2 is 1.04 bits per heavy atom. The summed E-state index contributed by atoms with van der Waals surface area (Å²) in [6.07, 6.45) is 0.385. The lowest BCUT2D eigenvalue weighted by molar-refractivity contribution is -0.338. The Kier molecular flexibility index (Phi) is 15.9. The van der Waals surface area contributed by atoms with Gasteiger partial charge < -0.3 is 42.6 Å². The van der Waals surface area contributed by atoms with Crippen LogP contribution in [0.5, 0.6) is 0 Å². The van der Waals surface area contributed by atoms with E-state index in [1.54, 1.807) is 18.2 Å². The molecule has 9 nitrogen and oxygen atoms in total. The van der Waals surface area contributed by atoms with Crippen molar-refractivity contribution in [2.75, 3.05) is 39.6 Å². The molecule has 0 saturated carbocycles. The lowest BCUT2D eigenvalue weighted by atomic mass is 9.97. The maximum Gasteiger partial charge on any atom is 0.187 e. The number of rotatable bonds is 22. The number of hydrogen-bond donors (Lipinski definition) is 0. The van der Waals surface area contributed by atoms with Crippen molar-refractivity contribution in [3.05, 3.63) is 146 Å². The van der Waals surface area contributed by atoms with Crippen molar-refractivity contribution in [2.45, 2.75) is 68.8 Å². The second kappa shape index (κ2) is 21.0. The zero-order chi connectivity index (χ0) is 34.8. The highest BCUT2D eigenvalue weighted by molar-refractivity contribution is 5.15. The average molecular weight is 687 g/mol. The van der Waals surface area contributed by atoms with Gasteiger partial charge in [0.25, 0.3) is 0 Å². The van der Waals surface area contributed by atoms with Crippen molar-refractivity contribution in [1.82, 2.24) is 0 Å². The van der Waals surface area contributed by atoms with E-state index >= 15 is 0 Å². The molecule has 2 aliphatic rings.